The van der Waals surface area contributed by atoms with Crippen LogP contribution in [0.15, 0.2) is 48.5 Å². The second kappa shape index (κ2) is 15.3. The second-order valence-corrected chi connectivity index (χ2v) is 8.75. The molecule has 0 amide bonds. The van der Waals surface area contributed by atoms with Crippen LogP contribution in [0, 0.1) is 0 Å². The van der Waals surface area contributed by atoms with Gasteiger partial charge < -0.3 is 0 Å². The highest BCUT2D eigenvalue weighted by atomic mass is 14.1. The number of rotatable bonds is 16. The summed E-state index contributed by atoms with van der Waals surface area (Å²) in [4.78, 5) is 0. The van der Waals surface area contributed by atoms with Gasteiger partial charge in [-0.25, -0.2) is 0 Å². The predicted octanol–water partition coefficient (Wildman–Crippen LogP) is 9.08. The Bertz CT molecular complexity index is 606. The van der Waals surface area contributed by atoms with Crippen molar-refractivity contribution >= 4 is 0 Å². The van der Waals surface area contributed by atoms with E-state index in [1.54, 1.807) is 16.7 Å². The van der Waals surface area contributed by atoms with Gasteiger partial charge in [0.15, 0.2) is 0 Å². The van der Waals surface area contributed by atoms with Crippen LogP contribution in [0.1, 0.15) is 113 Å². The lowest BCUT2D eigenvalue weighted by atomic mass is 9.89. The molecule has 0 heterocycles. The lowest BCUT2D eigenvalue weighted by Gasteiger charge is -2.16. The Hall–Kier alpha value is -1.56. The molecular weight excluding hydrogens is 348 g/mol. The quantitative estimate of drug-likeness (QED) is 0.250. The molecule has 0 unspecified atom stereocenters. The Morgan fingerprint density at radius 3 is 1.48 bits per heavy atom. The molecule has 0 aromatic heterocycles. The first kappa shape index (κ1) is 23.7. The van der Waals surface area contributed by atoms with Gasteiger partial charge in [0.25, 0.3) is 0 Å². The fourth-order valence-electron chi connectivity index (χ4n) is 4.37. The zero-order valence-electron chi connectivity index (χ0n) is 19.2. The zero-order valence-corrected chi connectivity index (χ0v) is 19.2. The first-order valence-electron chi connectivity index (χ1n) is 12.5. The molecule has 2 aromatic rings. The summed E-state index contributed by atoms with van der Waals surface area (Å²) in [6.07, 6.45) is 20.1. The minimum atomic E-state index is 1.10. The number of benzene rings is 2. The largest absolute Gasteiger partial charge is 0.0654 e. The van der Waals surface area contributed by atoms with Crippen LogP contribution >= 0.6 is 0 Å². The lowest BCUT2D eigenvalue weighted by molar-refractivity contribution is 0.603. The molecule has 0 radical (unpaired) electrons. The molecule has 29 heavy (non-hydrogen) atoms. The van der Waals surface area contributed by atoms with Gasteiger partial charge >= 0.3 is 0 Å². The van der Waals surface area contributed by atoms with Gasteiger partial charge in [0.2, 0.25) is 0 Å². The Morgan fingerprint density at radius 2 is 0.966 bits per heavy atom. The third-order valence-corrected chi connectivity index (χ3v) is 6.19. The summed E-state index contributed by atoms with van der Waals surface area (Å²) < 4.78 is 0. The van der Waals surface area contributed by atoms with Crippen molar-refractivity contribution in [1.29, 1.82) is 0 Å². The molecule has 2 aromatic carbocycles. The van der Waals surface area contributed by atoms with Crippen molar-refractivity contribution in [3.8, 4) is 0 Å². The van der Waals surface area contributed by atoms with Crippen LogP contribution in [-0.2, 0) is 19.3 Å². The third kappa shape index (κ3) is 9.66. The van der Waals surface area contributed by atoms with Crippen LogP contribution in [0.2, 0.25) is 0 Å². The molecule has 0 saturated carbocycles. The van der Waals surface area contributed by atoms with Crippen molar-refractivity contribution in [2.45, 2.75) is 110 Å². The standard InChI is InChI=1S/C29H44/c1-3-5-7-9-11-16-21-27-23-18-24-28(22-17-12-10-8-6-4-2)29(27)25-26-19-14-13-15-20-26/h13-15,18-20,23-24H,3-12,16-17,21-22,25H2,1-2H3. The van der Waals surface area contributed by atoms with Gasteiger partial charge in [-0.15, -0.1) is 0 Å². The fraction of sp³-hybridized carbons (Fsp3) is 0.586. The van der Waals surface area contributed by atoms with Gasteiger partial charge in [-0.05, 0) is 54.4 Å². The molecule has 0 atom stereocenters. The first-order chi connectivity index (χ1) is 14.3. The number of aryl methyl sites for hydroxylation is 2. The maximum Gasteiger partial charge on any atom is -0.00203 e. The van der Waals surface area contributed by atoms with Gasteiger partial charge in [-0.3, -0.25) is 0 Å². The minimum Gasteiger partial charge on any atom is -0.0654 e. The summed E-state index contributed by atoms with van der Waals surface area (Å²) in [5.74, 6) is 0. The zero-order chi connectivity index (χ0) is 20.6. The maximum absolute atomic E-state index is 2.40. The number of hydrogen-bond donors (Lipinski definition) is 0. The fourth-order valence-corrected chi connectivity index (χ4v) is 4.37. The van der Waals surface area contributed by atoms with Gasteiger partial charge in [-0.2, -0.15) is 0 Å². The van der Waals surface area contributed by atoms with Gasteiger partial charge in [-0.1, -0.05) is 127 Å². The van der Waals surface area contributed by atoms with Crippen LogP contribution < -0.4 is 0 Å². The van der Waals surface area contributed by atoms with Crippen molar-refractivity contribution in [3.05, 3.63) is 70.8 Å². The molecule has 0 N–H and O–H groups in total. The number of unbranched alkanes of at least 4 members (excludes halogenated alkanes) is 10. The van der Waals surface area contributed by atoms with E-state index in [1.807, 2.05) is 0 Å². The average Bonchev–Trinajstić information content (AvgIpc) is 2.75. The highest BCUT2D eigenvalue weighted by molar-refractivity contribution is 5.39. The van der Waals surface area contributed by atoms with E-state index < -0.39 is 0 Å². The first-order valence-corrected chi connectivity index (χ1v) is 12.5. The summed E-state index contributed by atoms with van der Waals surface area (Å²) in [5, 5.41) is 0. The molecule has 0 saturated heterocycles. The second-order valence-electron chi connectivity index (χ2n) is 8.75. The van der Waals surface area contributed by atoms with Crippen LogP contribution in [-0.4, -0.2) is 0 Å². The highest BCUT2D eigenvalue weighted by Crippen LogP contribution is 2.24. The van der Waals surface area contributed by atoms with E-state index in [2.05, 4.69) is 62.4 Å². The minimum absolute atomic E-state index is 1.10. The molecule has 160 valence electrons. The molecule has 0 bridgehead atoms. The molecular formula is C29H44. The maximum atomic E-state index is 2.40. The Balaban J connectivity index is 1.98. The molecule has 0 aliphatic heterocycles. The Labute approximate surface area is 181 Å². The summed E-state index contributed by atoms with van der Waals surface area (Å²) >= 11 is 0. The molecule has 0 nitrogen and oxygen atoms in total. The average molecular weight is 393 g/mol. The van der Waals surface area contributed by atoms with Crippen LogP contribution in [0.4, 0.5) is 0 Å². The number of hydrogen-bond acceptors (Lipinski definition) is 0. The highest BCUT2D eigenvalue weighted by Gasteiger charge is 2.09. The summed E-state index contributed by atoms with van der Waals surface area (Å²) in [6, 6.07) is 18.2. The van der Waals surface area contributed by atoms with Crippen molar-refractivity contribution in [3.63, 3.8) is 0 Å². The van der Waals surface area contributed by atoms with Crippen molar-refractivity contribution in [2.24, 2.45) is 0 Å². The summed E-state index contributed by atoms with van der Waals surface area (Å²) in [5.41, 5.74) is 6.29. The van der Waals surface area contributed by atoms with Crippen molar-refractivity contribution < 1.29 is 0 Å². The van der Waals surface area contributed by atoms with Gasteiger partial charge in [0.1, 0.15) is 0 Å². The SMILES string of the molecule is CCCCCCCCc1cccc(CCCCCCCC)c1Cc1ccccc1. The van der Waals surface area contributed by atoms with E-state index in [0.717, 1.165) is 6.42 Å². The topological polar surface area (TPSA) is 0 Å². The van der Waals surface area contributed by atoms with Crippen molar-refractivity contribution in [1.82, 2.24) is 0 Å². The molecule has 0 spiro atoms. The van der Waals surface area contributed by atoms with E-state index >= 15 is 0 Å². The molecule has 0 aliphatic carbocycles. The van der Waals surface area contributed by atoms with Crippen LogP contribution in [0.5, 0.6) is 0 Å². The lowest BCUT2D eigenvalue weighted by Crippen LogP contribution is -2.02. The summed E-state index contributed by atoms with van der Waals surface area (Å²) in [6.45, 7) is 4.59. The van der Waals surface area contributed by atoms with Gasteiger partial charge in [0.05, 0.1) is 0 Å². The molecule has 0 fully saturated rings. The summed E-state index contributed by atoms with van der Waals surface area (Å²) in [7, 11) is 0. The predicted molar refractivity (Wildman–Crippen MR) is 130 cm³/mol. The van der Waals surface area contributed by atoms with E-state index in [1.165, 1.54) is 95.5 Å². The van der Waals surface area contributed by atoms with E-state index in [0.29, 0.717) is 0 Å². The Kier molecular flexibility index (Phi) is 12.5. The normalized spacial score (nSPS) is 11.1. The molecule has 0 heteroatoms. The third-order valence-electron chi connectivity index (χ3n) is 6.19. The smallest absolute Gasteiger partial charge is 0.00203 e. The van der Waals surface area contributed by atoms with Gasteiger partial charge in [0, 0.05) is 0 Å². The monoisotopic (exact) mass is 392 g/mol. The Morgan fingerprint density at radius 1 is 0.483 bits per heavy atom. The van der Waals surface area contributed by atoms with E-state index in [9.17, 15) is 0 Å². The van der Waals surface area contributed by atoms with E-state index in [-0.39, 0.29) is 0 Å². The molecule has 0 aliphatic rings. The van der Waals surface area contributed by atoms with Crippen LogP contribution in [0.25, 0.3) is 0 Å². The molecule has 2 rings (SSSR count). The van der Waals surface area contributed by atoms with Crippen LogP contribution in [0.3, 0.4) is 0 Å². The van der Waals surface area contributed by atoms with Crippen molar-refractivity contribution in [2.75, 3.05) is 0 Å². The van der Waals surface area contributed by atoms with E-state index in [4.69, 9.17) is 0 Å².